The van der Waals surface area contributed by atoms with Crippen LogP contribution in [0.25, 0.3) is 17.1 Å². The molecule has 9 heteroatoms. The van der Waals surface area contributed by atoms with E-state index in [1.165, 1.54) is 6.08 Å². The highest BCUT2D eigenvalue weighted by Gasteiger charge is 2.69. The maximum absolute atomic E-state index is 9.38. The van der Waals surface area contributed by atoms with Gasteiger partial charge in [-0.15, -0.1) is 5.10 Å². The Hall–Kier alpha value is -4.11. The number of ether oxygens (including phenoxy) is 2. The van der Waals surface area contributed by atoms with Gasteiger partial charge in [-0.25, -0.2) is 4.98 Å². The van der Waals surface area contributed by atoms with Crippen molar-refractivity contribution in [2.75, 3.05) is 11.9 Å². The normalized spacial score (nSPS) is 22.2. The second-order valence-corrected chi connectivity index (χ2v) is 9.48. The molecular formula is C26H27N7O2. The van der Waals surface area contributed by atoms with Crippen molar-refractivity contribution in [3.8, 4) is 29.6 Å². The van der Waals surface area contributed by atoms with Crippen LogP contribution in [-0.2, 0) is 6.54 Å². The number of fused-ring (bicyclic) bond motifs is 1. The van der Waals surface area contributed by atoms with E-state index in [-0.39, 0.29) is 11.0 Å². The molecule has 3 aliphatic rings. The third kappa shape index (κ3) is 3.74. The van der Waals surface area contributed by atoms with E-state index in [4.69, 9.17) is 24.7 Å². The monoisotopic (exact) mass is 469 g/mol. The lowest BCUT2D eigenvalue weighted by atomic mass is 9.40. The lowest BCUT2D eigenvalue weighted by molar-refractivity contribution is -0.0665. The molecule has 1 aromatic carbocycles. The number of nitrogens with zero attached hydrogens (tertiary/aromatic N) is 6. The summed E-state index contributed by atoms with van der Waals surface area (Å²) in [5.41, 5.74) is 3.71. The second kappa shape index (κ2) is 8.28. The maximum atomic E-state index is 9.38. The first-order valence-electron chi connectivity index (χ1n) is 11.8. The largest absolute Gasteiger partial charge is 0.475 e. The maximum Gasteiger partial charge on any atom is 0.260 e. The molecule has 3 aromatic rings. The topological polar surface area (TPSA) is 122 Å². The van der Waals surface area contributed by atoms with Crippen molar-refractivity contribution < 1.29 is 9.47 Å². The van der Waals surface area contributed by atoms with Crippen LogP contribution < -0.4 is 14.8 Å². The van der Waals surface area contributed by atoms with Crippen LogP contribution >= 0.6 is 0 Å². The van der Waals surface area contributed by atoms with Gasteiger partial charge >= 0.3 is 0 Å². The van der Waals surface area contributed by atoms with Gasteiger partial charge in [-0.2, -0.15) is 15.5 Å². The number of aryl methyl sites for hydroxylation is 3. The van der Waals surface area contributed by atoms with Gasteiger partial charge in [-0.1, -0.05) is 0 Å². The Morgan fingerprint density at radius 2 is 1.83 bits per heavy atom. The highest BCUT2D eigenvalue weighted by Crippen LogP contribution is 2.67. The molecule has 0 spiro atoms. The standard InChI is InChI=1S/C26H27N7O2/c1-5-33-20-19(22(32-33)34-6-2)29-24(31-26-12-25(13-26,14-26)15-28)30-23(20)35-21-16(3)10-18(8-7-9-27)11-17(21)4/h7-8,10-11H,5-6,12-14H2,1-4H3,(H,29,30,31)/b8-7+. The fourth-order valence-corrected chi connectivity index (χ4v) is 5.36. The molecule has 35 heavy (non-hydrogen) atoms. The van der Waals surface area contributed by atoms with E-state index >= 15 is 0 Å². The molecule has 0 unspecified atom stereocenters. The van der Waals surface area contributed by atoms with Gasteiger partial charge in [0.25, 0.3) is 11.8 Å². The average molecular weight is 470 g/mol. The fourth-order valence-electron chi connectivity index (χ4n) is 5.36. The van der Waals surface area contributed by atoms with E-state index in [0.29, 0.717) is 47.6 Å². The SMILES string of the molecule is CCOc1nn(CC)c2c(Oc3c(C)cc(/C=C/C#N)cc3C)nc(NC34CC(C#N)(C3)C4)nc12. The third-order valence-electron chi connectivity index (χ3n) is 6.78. The summed E-state index contributed by atoms with van der Waals surface area (Å²) in [5, 5.41) is 26.3. The number of nitriles is 2. The number of hydrogen-bond acceptors (Lipinski definition) is 8. The molecule has 0 atom stereocenters. The second-order valence-electron chi connectivity index (χ2n) is 9.48. The summed E-state index contributed by atoms with van der Waals surface area (Å²) in [5.74, 6) is 1.97. The number of allylic oxidation sites excluding steroid dienone is 1. The fraction of sp³-hybridized carbons (Fsp3) is 0.423. The van der Waals surface area contributed by atoms with Crippen LogP contribution in [0, 0.1) is 41.9 Å². The Bertz CT molecular complexity index is 1400. The van der Waals surface area contributed by atoms with Gasteiger partial charge in [-0.3, -0.25) is 4.68 Å². The van der Waals surface area contributed by atoms with Crippen LogP contribution in [0.3, 0.4) is 0 Å². The van der Waals surface area contributed by atoms with Crippen molar-refractivity contribution in [2.45, 2.75) is 59.0 Å². The number of aromatic nitrogens is 4. The average Bonchev–Trinajstić information content (AvgIpc) is 3.14. The van der Waals surface area contributed by atoms with E-state index in [1.807, 2.05) is 45.9 Å². The van der Waals surface area contributed by atoms with E-state index in [0.717, 1.165) is 36.0 Å². The smallest absolute Gasteiger partial charge is 0.260 e. The molecule has 3 aliphatic carbocycles. The summed E-state index contributed by atoms with van der Waals surface area (Å²) in [6, 6.07) is 8.40. The summed E-state index contributed by atoms with van der Waals surface area (Å²) >= 11 is 0. The first-order chi connectivity index (χ1) is 16.8. The van der Waals surface area contributed by atoms with Gasteiger partial charge in [0.2, 0.25) is 5.95 Å². The predicted octanol–water partition coefficient (Wildman–Crippen LogP) is 5.05. The quantitative estimate of drug-likeness (QED) is 0.455. The third-order valence-corrected chi connectivity index (χ3v) is 6.78. The summed E-state index contributed by atoms with van der Waals surface area (Å²) in [7, 11) is 0. The van der Waals surface area contributed by atoms with E-state index in [9.17, 15) is 5.26 Å². The molecule has 0 aliphatic heterocycles. The minimum absolute atomic E-state index is 0.131. The van der Waals surface area contributed by atoms with Gasteiger partial charge < -0.3 is 14.8 Å². The highest BCUT2D eigenvalue weighted by molar-refractivity contribution is 5.86. The minimum Gasteiger partial charge on any atom is -0.475 e. The Morgan fingerprint density at radius 1 is 1.11 bits per heavy atom. The van der Waals surface area contributed by atoms with Crippen molar-refractivity contribution in [2.24, 2.45) is 5.41 Å². The summed E-state index contributed by atoms with van der Waals surface area (Å²) in [6.07, 6.45) is 5.63. The zero-order valence-electron chi connectivity index (χ0n) is 20.3. The number of hydrogen-bond donors (Lipinski definition) is 1. The molecule has 0 amide bonds. The Labute approximate surface area is 204 Å². The zero-order chi connectivity index (χ0) is 24.8. The molecule has 3 fully saturated rings. The van der Waals surface area contributed by atoms with Gasteiger partial charge in [-0.05, 0) is 81.9 Å². The van der Waals surface area contributed by atoms with Crippen LogP contribution in [0.2, 0.25) is 0 Å². The lowest BCUT2D eigenvalue weighted by Gasteiger charge is -2.66. The summed E-state index contributed by atoms with van der Waals surface area (Å²) in [6.45, 7) is 8.90. The number of benzene rings is 1. The molecule has 9 nitrogen and oxygen atoms in total. The first-order valence-corrected chi connectivity index (χ1v) is 11.8. The Morgan fingerprint density at radius 3 is 2.43 bits per heavy atom. The number of rotatable bonds is 8. The highest BCUT2D eigenvalue weighted by atomic mass is 16.5. The minimum atomic E-state index is -0.185. The van der Waals surface area contributed by atoms with Crippen molar-refractivity contribution in [3.05, 3.63) is 34.9 Å². The van der Waals surface area contributed by atoms with E-state index < -0.39 is 0 Å². The van der Waals surface area contributed by atoms with E-state index in [2.05, 4.69) is 16.5 Å². The van der Waals surface area contributed by atoms with Gasteiger partial charge in [0, 0.05) is 18.2 Å². The van der Waals surface area contributed by atoms with Crippen LogP contribution in [0.15, 0.2) is 18.2 Å². The van der Waals surface area contributed by atoms with E-state index in [1.54, 1.807) is 10.8 Å². The molecule has 1 N–H and O–H groups in total. The van der Waals surface area contributed by atoms with Crippen molar-refractivity contribution in [1.29, 1.82) is 10.5 Å². The Kier molecular flexibility index (Phi) is 5.36. The number of nitrogens with one attached hydrogen (secondary N) is 1. The first kappa shape index (κ1) is 22.7. The van der Waals surface area contributed by atoms with Crippen LogP contribution in [0.1, 0.15) is 49.8 Å². The van der Waals surface area contributed by atoms with Crippen LogP contribution in [0.4, 0.5) is 5.95 Å². The van der Waals surface area contributed by atoms with Gasteiger partial charge in [0.05, 0.1) is 24.2 Å². The predicted molar refractivity (Wildman–Crippen MR) is 131 cm³/mol. The van der Waals surface area contributed by atoms with Crippen LogP contribution in [0.5, 0.6) is 17.5 Å². The van der Waals surface area contributed by atoms with Crippen molar-refractivity contribution in [3.63, 3.8) is 0 Å². The summed E-state index contributed by atoms with van der Waals surface area (Å²) in [4.78, 5) is 9.54. The molecule has 3 saturated carbocycles. The molecule has 0 saturated heterocycles. The molecule has 2 heterocycles. The van der Waals surface area contributed by atoms with Crippen molar-refractivity contribution in [1.82, 2.24) is 19.7 Å². The molecule has 2 bridgehead atoms. The molecular weight excluding hydrogens is 442 g/mol. The molecule has 178 valence electrons. The lowest BCUT2D eigenvalue weighted by Crippen LogP contribution is -2.70. The molecule has 6 rings (SSSR count). The molecule has 0 radical (unpaired) electrons. The zero-order valence-corrected chi connectivity index (χ0v) is 20.3. The summed E-state index contributed by atoms with van der Waals surface area (Å²) < 4.78 is 14.0. The van der Waals surface area contributed by atoms with Crippen molar-refractivity contribution >= 4 is 23.1 Å². The van der Waals surface area contributed by atoms with Gasteiger partial charge in [0.15, 0.2) is 11.0 Å². The molecule has 2 aromatic heterocycles. The van der Waals surface area contributed by atoms with Gasteiger partial charge in [0.1, 0.15) is 5.75 Å². The van der Waals surface area contributed by atoms with Crippen LogP contribution in [-0.4, -0.2) is 31.9 Å². The number of anilines is 1. The Balaban J connectivity index is 1.58.